The zero-order chi connectivity index (χ0) is 12.4. The maximum Gasteiger partial charge on any atom is 0.159 e. The molecule has 0 bridgehead atoms. The molecule has 0 radical (unpaired) electrons. The topological polar surface area (TPSA) is 55.6 Å². The van der Waals surface area contributed by atoms with Gasteiger partial charge < -0.3 is 5.32 Å². The van der Waals surface area contributed by atoms with Gasteiger partial charge in [0.1, 0.15) is 0 Å². The number of rotatable bonds is 2. The number of benzene rings is 1. The van der Waals surface area contributed by atoms with Crippen LogP contribution < -0.4 is 5.32 Å². The molecule has 0 spiro atoms. The number of hydrogen-bond acceptors (Lipinski definition) is 4. The Morgan fingerprint density at radius 1 is 1.22 bits per heavy atom. The van der Waals surface area contributed by atoms with Crippen LogP contribution in [0, 0.1) is 6.92 Å². The van der Waals surface area contributed by atoms with Crippen LogP contribution in [0.25, 0.3) is 5.69 Å². The molecule has 0 atom stereocenters. The van der Waals surface area contributed by atoms with Gasteiger partial charge in [0.15, 0.2) is 5.82 Å². The number of piperidine rings is 1. The quantitative estimate of drug-likeness (QED) is 0.867. The molecule has 0 aliphatic carbocycles. The number of nitrogens with zero attached hydrogens (tertiary/aromatic N) is 4. The molecule has 1 fully saturated rings. The van der Waals surface area contributed by atoms with Crippen molar-refractivity contribution in [3.05, 3.63) is 35.7 Å². The summed E-state index contributed by atoms with van der Waals surface area (Å²) < 4.78 is 1.89. The Labute approximate surface area is 106 Å². The van der Waals surface area contributed by atoms with E-state index in [1.165, 1.54) is 5.56 Å². The third kappa shape index (κ3) is 2.01. The Balaban J connectivity index is 1.98. The van der Waals surface area contributed by atoms with E-state index in [2.05, 4.69) is 39.9 Å². The van der Waals surface area contributed by atoms with Crippen LogP contribution in [0.15, 0.2) is 24.3 Å². The first-order chi connectivity index (χ1) is 8.86. The maximum atomic E-state index is 4.23. The molecule has 5 nitrogen and oxygen atoms in total. The van der Waals surface area contributed by atoms with E-state index in [1.807, 2.05) is 16.8 Å². The van der Waals surface area contributed by atoms with Gasteiger partial charge in [-0.25, -0.2) is 0 Å². The number of aryl methyl sites for hydroxylation is 1. The van der Waals surface area contributed by atoms with Gasteiger partial charge in [-0.1, -0.05) is 18.2 Å². The molecule has 2 heterocycles. The molecule has 0 saturated carbocycles. The predicted octanol–water partition coefficient (Wildman–Crippen LogP) is 1.44. The molecular weight excluding hydrogens is 226 g/mol. The van der Waals surface area contributed by atoms with Crippen molar-refractivity contribution >= 4 is 0 Å². The highest BCUT2D eigenvalue weighted by atomic mass is 15.5. The second-order valence-corrected chi connectivity index (χ2v) is 4.76. The van der Waals surface area contributed by atoms with E-state index in [-0.39, 0.29) is 0 Å². The summed E-state index contributed by atoms with van der Waals surface area (Å²) in [6.45, 7) is 4.18. The fraction of sp³-hybridized carbons (Fsp3) is 0.462. The molecule has 2 aromatic rings. The highest BCUT2D eigenvalue weighted by Gasteiger charge is 2.22. The van der Waals surface area contributed by atoms with Crippen molar-refractivity contribution in [2.45, 2.75) is 25.7 Å². The van der Waals surface area contributed by atoms with E-state index in [0.717, 1.165) is 37.4 Å². The van der Waals surface area contributed by atoms with Crippen LogP contribution in [0.2, 0.25) is 0 Å². The molecule has 0 unspecified atom stereocenters. The van der Waals surface area contributed by atoms with E-state index < -0.39 is 0 Å². The molecule has 1 saturated heterocycles. The van der Waals surface area contributed by atoms with Crippen molar-refractivity contribution in [1.29, 1.82) is 0 Å². The second-order valence-electron chi connectivity index (χ2n) is 4.76. The molecule has 1 aliphatic heterocycles. The number of aromatic nitrogens is 4. The summed E-state index contributed by atoms with van der Waals surface area (Å²) in [6.07, 6.45) is 2.21. The first-order valence-electron chi connectivity index (χ1n) is 6.41. The number of hydrogen-bond donors (Lipinski definition) is 1. The predicted molar refractivity (Wildman–Crippen MR) is 68.7 cm³/mol. The fourth-order valence-corrected chi connectivity index (χ4v) is 2.50. The number of nitrogens with one attached hydrogen (secondary N) is 1. The van der Waals surface area contributed by atoms with Crippen LogP contribution in [-0.2, 0) is 0 Å². The van der Waals surface area contributed by atoms with Gasteiger partial charge in [-0.05, 0) is 54.9 Å². The van der Waals surface area contributed by atoms with E-state index in [1.54, 1.807) is 0 Å². The molecule has 18 heavy (non-hydrogen) atoms. The lowest BCUT2D eigenvalue weighted by Crippen LogP contribution is -2.28. The summed E-state index contributed by atoms with van der Waals surface area (Å²) in [5, 5.41) is 15.6. The minimum atomic E-state index is 0.459. The standard InChI is InChI=1S/C13H17N5/c1-10-4-2-3-5-12(10)18-13(15-16-17-18)11-6-8-14-9-7-11/h2-5,11,14H,6-9H2,1H3. The van der Waals surface area contributed by atoms with E-state index in [0.29, 0.717) is 5.92 Å². The molecule has 1 aromatic carbocycles. The third-order valence-electron chi connectivity index (χ3n) is 3.54. The Kier molecular flexibility index (Phi) is 3.06. The SMILES string of the molecule is Cc1ccccc1-n1nnnc1C1CCNCC1. The van der Waals surface area contributed by atoms with Crippen molar-refractivity contribution in [2.24, 2.45) is 0 Å². The van der Waals surface area contributed by atoms with E-state index in [9.17, 15) is 0 Å². The van der Waals surface area contributed by atoms with Gasteiger partial charge in [0.2, 0.25) is 0 Å². The second kappa shape index (κ2) is 4.86. The Bertz CT molecular complexity index is 528. The summed E-state index contributed by atoms with van der Waals surface area (Å²) in [7, 11) is 0. The van der Waals surface area contributed by atoms with Crippen LogP contribution in [0.1, 0.15) is 30.1 Å². The molecule has 0 amide bonds. The summed E-state index contributed by atoms with van der Waals surface area (Å²) in [5.41, 5.74) is 2.27. The summed E-state index contributed by atoms with van der Waals surface area (Å²) >= 11 is 0. The van der Waals surface area contributed by atoms with Crippen LogP contribution in [-0.4, -0.2) is 33.3 Å². The van der Waals surface area contributed by atoms with Crippen molar-refractivity contribution in [2.75, 3.05) is 13.1 Å². The normalized spacial score (nSPS) is 16.9. The molecule has 1 aromatic heterocycles. The lowest BCUT2D eigenvalue weighted by atomic mass is 9.97. The molecule has 5 heteroatoms. The van der Waals surface area contributed by atoms with Crippen molar-refractivity contribution in [1.82, 2.24) is 25.5 Å². The summed E-state index contributed by atoms with van der Waals surface area (Å²) in [6, 6.07) is 8.21. The van der Waals surface area contributed by atoms with Crippen molar-refractivity contribution in [3.63, 3.8) is 0 Å². The molecule has 94 valence electrons. The zero-order valence-electron chi connectivity index (χ0n) is 10.5. The van der Waals surface area contributed by atoms with Crippen LogP contribution in [0.5, 0.6) is 0 Å². The smallest absolute Gasteiger partial charge is 0.159 e. The van der Waals surface area contributed by atoms with Crippen LogP contribution >= 0.6 is 0 Å². The number of tetrazole rings is 1. The Morgan fingerprint density at radius 3 is 2.78 bits per heavy atom. The third-order valence-corrected chi connectivity index (χ3v) is 3.54. The van der Waals surface area contributed by atoms with Crippen LogP contribution in [0.4, 0.5) is 0 Å². The lowest BCUT2D eigenvalue weighted by molar-refractivity contribution is 0.438. The zero-order valence-corrected chi connectivity index (χ0v) is 10.5. The largest absolute Gasteiger partial charge is 0.317 e. The van der Waals surface area contributed by atoms with Gasteiger partial charge in [-0.2, -0.15) is 4.68 Å². The number of para-hydroxylation sites is 1. The van der Waals surface area contributed by atoms with Gasteiger partial charge in [-0.3, -0.25) is 0 Å². The average Bonchev–Trinajstić information content (AvgIpc) is 2.89. The van der Waals surface area contributed by atoms with E-state index in [4.69, 9.17) is 0 Å². The van der Waals surface area contributed by atoms with Gasteiger partial charge >= 0.3 is 0 Å². The van der Waals surface area contributed by atoms with E-state index >= 15 is 0 Å². The first kappa shape index (κ1) is 11.3. The average molecular weight is 243 g/mol. The minimum absolute atomic E-state index is 0.459. The van der Waals surface area contributed by atoms with Gasteiger partial charge in [0.25, 0.3) is 0 Å². The van der Waals surface area contributed by atoms with Crippen LogP contribution in [0.3, 0.4) is 0 Å². The van der Waals surface area contributed by atoms with Gasteiger partial charge in [-0.15, -0.1) is 5.10 Å². The minimum Gasteiger partial charge on any atom is -0.317 e. The maximum absolute atomic E-state index is 4.23. The fourth-order valence-electron chi connectivity index (χ4n) is 2.50. The monoisotopic (exact) mass is 243 g/mol. The highest BCUT2D eigenvalue weighted by molar-refractivity contribution is 5.39. The molecule has 3 rings (SSSR count). The Morgan fingerprint density at radius 2 is 2.00 bits per heavy atom. The Hall–Kier alpha value is -1.75. The van der Waals surface area contributed by atoms with Crippen molar-refractivity contribution < 1.29 is 0 Å². The van der Waals surface area contributed by atoms with Gasteiger partial charge in [0.05, 0.1) is 5.69 Å². The van der Waals surface area contributed by atoms with Crippen molar-refractivity contribution in [3.8, 4) is 5.69 Å². The highest BCUT2D eigenvalue weighted by Crippen LogP contribution is 2.25. The van der Waals surface area contributed by atoms with Gasteiger partial charge in [0, 0.05) is 5.92 Å². The first-order valence-corrected chi connectivity index (χ1v) is 6.41. The summed E-state index contributed by atoms with van der Waals surface area (Å²) in [4.78, 5) is 0. The summed E-state index contributed by atoms with van der Waals surface area (Å²) in [5.74, 6) is 1.45. The molecular formula is C13H17N5. The molecule has 1 N–H and O–H groups in total. The molecule has 1 aliphatic rings. The lowest BCUT2D eigenvalue weighted by Gasteiger charge is -2.21.